The van der Waals surface area contributed by atoms with Crippen molar-refractivity contribution in [3.05, 3.63) is 35.5 Å². The molecule has 4 heteroatoms. The predicted molar refractivity (Wildman–Crippen MR) is 85.6 cm³/mol. The molecule has 0 radical (unpaired) electrons. The average molecular weight is 290 g/mol. The minimum Gasteiger partial charge on any atom is -0.368 e. The Morgan fingerprint density at radius 1 is 1.35 bits per heavy atom. The quantitative estimate of drug-likeness (QED) is 0.938. The standard InChI is InChI=1S/C16H20ClN3/c1-11(2)19-12-7-9-20(10-12)15-6-5-14(17)13-4-3-8-18-16(13)15/h3-6,8,11-12,19H,7,9-10H2,1-2H3. The number of nitrogens with zero attached hydrogens (tertiary/aromatic N) is 2. The van der Waals surface area contributed by atoms with Crippen molar-refractivity contribution in [3.63, 3.8) is 0 Å². The first-order valence-corrected chi connectivity index (χ1v) is 7.57. The van der Waals surface area contributed by atoms with Gasteiger partial charge in [-0.1, -0.05) is 25.4 Å². The van der Waals surface area contributed by atoms with Crippen LogP contribution in [0, 0.1) is 0 Å². The largest absolute Gasteiger partial charge is 0.368 e. The van der Waals surface area contributed by atoms with E-state index in [2.05, 4.69) is 35.1 Å². The van der Waals surface area contributed by atoms with Gasteiger partial charge in [-0.25, -0.2) is 0 Å². The third-order valence-electron chi connectivity index (χ3n) is 3.79. The molecular formula is C16H20ClN3. The van der Waals surface area contributed by atoms with Gasteiger partial charge in [-0.15, -0.1) is 0 Å². The number of benzene rings is 1. The van der Waals surface area contributed by atoms with E-state index in [1.807, 2.05) is 24.4 Å². The van der Waals surface area contributed by atoms with Crippen LogP contribution in [0.3, 0.4) is 0 Å². The van der Waals surface area contributed by atoms with Crippen LogP contribution in [0.2, 0.25) is 5.02 Å². The van der Waals surface area contributed by atoms with Crippen molar-refractivity contribution >= 4 is 28.2 Å². The summed E-state index contributed by atoms with van der Waals surface area (Å²) in [6.45, 7) is 6.49. The highest BCUT2D eigenvalue weighted by Crippen LogP contribution is 2.32. The van der Waals surface area contributed by atoms with Crippen molar-refractivity contribution in [1.82, 2.24) is 10.3 Å². The number of anilines is 1. The Kier molecular flexibility index (Phi) is 3.81. The van der Waals surface area contributed by atoms with Crippen LogP contribution < -0.4 is 10.2 Å². The number of rotatable bonds is 3. The Labute approximate surface area is 124 Å². The number of hydrogen-bond donors (Lipinski definition) is 1. The molecule has 1 atom stereocenters. The lowest BCUT2D eigenvalue weighted by Crippen LogP contribution is -2.37. The second-order valence-electron chi connectivity index (χ2n) is 5.72. The lowest BCUT2D eigenvalue weighted by atomic mass is 10.2. The van der Waals surface area contributed by atoms with Crippen LogP contribution in [0.5, 0.6) is 0 Å². The van der Waals surface area contributed by atoms with Gasteiger partial charge in [0.1, 0.15) is 0 Å². The van der Waals surface area contributed by atoms with Crippen LogP contribution in [0.4, 0.5) is 5.69 Å². The van der Waals surface area contributed by atoms with Crippen molar-refractivity contribution in [2.24, 2.45) is 0 Å². The first-order chi connectivity index (χ1) is 9.65. The van der Waals surface area contributed by atoms with Gasteiger partial charge in [-0.3, -0.25) is 4.98 Å². The second-order valence-corrected chi connectivity index (χ2v) is 6.13. The summed E-state index contributed by atoms with van der Waals surface area (Å²) in [5.41, 5.74) is 2.20. The van der Waals surface area contributed by atoms with Gasteiger partial charge in [0, 0.05) is 36.8 Å². The molecule has 0 spiro atoms. The van der Waals surface area contributed by atoms with E-state index in [1.165, 1.54) is 12.1 Å². The van der Waals surface area contributed by atoms with Crippen molar-refractivity contribution in [3.8, 4) is 0 Å². The van der Waals surface area contributed by atoms with Gasteiger partial charge in [0.2, 0.25) is 0 Å². The molecule has 1 aromatic heterocycles. The number of pyridine rings is 1. The minimum atomic E-state index is 0.528. The third-order valence-corrected chi connectivity index (χ3v) is 4.12. The van der Waals surface area contributed by atoms with Crippen molar-refractivity contribution in [2.45, 2.75) is 32.4 Å². The summed E-state index contributed by atoms with van der Waals surface area (Å²) >= 11 is 6.26. The van der Waals surface area contributed by atoms with Gasteiger partial charge in [0.25, 0.3) is 0 Å². The maximum Gasteiger partial charge on any atom is 0.0950 e. The highest BCUT2D eigenvalue weighted by Gasteiger charge is 2.24. The molecule has 1 N–H and O–H groups in total. The van der Waals surface area contributed by atoms with E-state index in [9.17, 15) is 0 Å². The Hall–Kier alpha value is -1.32. The van der Waals surface area contributed by atoms with E-state index in [-0.39, 0.29) is 0 Å². The SMILES string of the molecule is CC(C)NC1CCN(c2ccc(Cl)c3cccnc23)C1. The van der Waals surface area contributed by atoms with Crippen LogP contribution in [0.15, 0.2) is 30.5 Å². The minimum absolute atomic E-state index is 0.528. The Morgan fingerprint density at radius 3 is 3.00 bits per heavy atom. The summed E-state index contributed by atoms with van der Waals surface area (Å²) in [6.07, 6.45) is 3.01. The Morgan fingerprint density at radius 2 is 2.20 bits per heavy atom. The normalized spacial score (nSPS) is 19.2. The van der Waals surface area contributed by atoms with Gasteiger partial charge >= 0.3 is 0 Å². The van der Waals surface area contributed by atoms with Crippen LogP contribution in [0.25, 0.3) is 10.9 Å². The first-order valence-electron chi connectivity index (χ1n) is 7.19. The predicted octanol–water partition coefficient (Wildman–Crippen LogP) is 3.46. The maximum atomic E-state index is 6.26. The molecule has 1 unspecified atom stereocenters. The van der Waals surface area contributed by atoms with E-state index in [0.717, 1.165) is 29.0 Å². The smallest absolute Gasteiger partial charge is 0.0950 e. The number of fused-ring (bicyclic) bond motifs is 1. The van der Waals surface area contributed by atoms with Crippen LogP contribution in [-0.4, -0.2) is 30.2 Å². The van der Waals surface area contributed by atoms with E-state index < -0.39 is 0 Å². The van der Waals surface area contributed by atoms with Gasteiger partial charge in [0.15, 0.2) is 0 Å². The molecule has 1 aliphatic rings. The molecule has 0 amide bonds. The van der Waals surface area contributed by atoms with Crippen molar-refractivity contribution < 1.29 is 0 Å². The summed E-state index contributed by atoms with van der Waals surface area (Å²) in [5, 5.41) is 5.42. The van der Waals surface area contributed by atoms with Gasteiger partial charge in [-0.05, 0) is 30.7 Å². The molecule has 106 valence electrons. The molecule has 3 rings (SSSR count). The van der Waals surface area contributed by atoms with Crippen LogP contribution in [0.1, 0.15) is 20.3 Å². The molecule has 0 bridgehead atoms. The molecule has 0 saturated carbocycles. The number of hydrogen-bond acceptors (Lipinski definition) is 3. The molecule has 1 aromatic carbocycles. The van der Waals surface area contributed by atoms with E-state index >= 15 is 0 Å². The lowest BCUT2D eigenvalue weighted by molar-refractivity contribution is 0.492. The molecule has 3 nitrogen and oxygen atoms in total. The number of nitrogens with one attached hydrogen (secondary N) is 1. The monoisotopic (exact) mass is 289 g/mol. The zero-order valence-electron chi connectivity index (χ0n) is 11.9. The topological polar surface area (TPSA) is 28.2 Å². The molecule has 1 saturated heterocycles. The van der Waals surface area contributed by atoms with Crippen molar-refractivity contribution in [2.75, 3.05) is 18.0 Å². The molecule has 0 aliphatic carbocycles. The van der Waals surface area contributed by atoms with Crippen molar-refractivity contribution in [1.29, 1.82) is 0 Å². The van der Waals surface area contributed by atoms with E-state index in [0.29, 0.717) is 12.1 Å². The fourth-order valence-electron chi connectivity index (χ4n) is 2.96. The van der Waals surface area contributed by atoms with Gasteiger partial charge < -0.3 is 10.2 Å². The fourth-order valence-corrected chi connectivity index (χ4v) is 3.18. The summed E-state index contributed by atoms with van der Waals surface area (Å²) in [4.78, 5) is 6.93. The molecule has 20 heavy (non-hydrogen) atoms. The summed E-state index contributed by atoms with van der Waals surface area (Å²) < 4.78 is 0. The molecule has 1 aliphatic heterocycles. The zero-order valence-corrected chi connectivity index (χ0v) is 12.7. The Balaban J connectivity index is 1.90. The molecule has 2 aromatic rings. The average Bonchev–Trinajstić information content (AvgIpc) is 2.87. The molecular weight excluding hydrogens is 270 g/mol. The fraction of sp³-hybridized carbons (Fsp3) is 0.438. The van der Waals surface area contributed by atoms with E-state index in [1.54, 1.807) is 0 Å². The second kappa shape index (κ2) is 5.58. The van der Waals surface area contributed by atoms with Gasteiger partial charge in [-0.2, -0.15) is 0 Å². The summed E-state index contributed by atoms with van der Waals surface area (Å²) in [5.74, 6) is 0. The van der Waals surface area contributed by atoms with Gasteiger partial charge in [0.05, 0.1) is 16.2 Å². The van der Waals surface area contributed by atoms with Crippen LogP contribution in [-0.2, 0) is 0 Å². The zero-order chi connectivity index (χ0) is 14.1. The van der Waals surface area contributed by atoms with E-state index in [4.69, 9.17) is 11.6 Å². The molecule has 2 heterocycles. The first kappa shape index (κ1) is 13.7. The lowest BCUT2D eigenvalue weighted by Gasteiger charge is -2.21. The molecule has 1 fully saturated rings. The number of aromatic nitrogens is 1. The maximum absolute atomic E-state index is 6.26. The highest BCUT2D eigenvalue weighted by atomic mass is 35.5. The highest BCUT2D eigenvalue weighted by molar-refractivity contribution is 6.35. The summed E-state index contributed by atoms with van der Waals surface area (Å²) in [7, 11) is 0. The summed E-state index contributed by atoms with van der Waals surface area (Å²) in [6, 6.07) is 9.13. The van der Waals surface area contributed by atoms with Crippen LogP contribution >= 0.6 is 11.6 Å². The third kappa shape index (κ3) is 2.60. The number of halogens is 1. The Bertz CT molecular complexity index is 612.